The fourth-order valence-electron chi connectivity index (χ4n) is 1.97. The summed E-state index contributed by atoms with van der Waals surface area (Å²) in [5.74, 6) is 0.655. The highest BCUT2D eigenvalue weighted by Gasteiger charge is 2.18. The van der Waals surface area contributed by atoms with Crippen molar-refractivity contribution in [1.29, 1.82) is 0 Å². The van der Waals surface area contributed by atoms with Crippen LogP contribution in [-0.4, -0.2) is 24.8 Å². The molecule has 1 atom stereocenters. The zero-order valence-electron chi connectivity index (χ0n) is 11.9. The van der Waals surface area contributed by atoms with Gasteiger partial charge >= 0.3 is 0 Å². The second-order valence-electron chi connectivity index (χ2n) is 5.42. The molecule has 1 unspecified atom stereocenters. The van der Waals surface area contributed by atoms with Gasteiger partial charge in [0, 0.05) is 5.33 Å². The highest BCUT2D eigenvalue weighted by molar-refractivity contribution is 9.09. The van der Waals surface area contributed by atoms with Crippen molar-refractivity contribution in [2.24, 2.45) is 5.92 Å². The normalized spacial score (nSPS) is 13.7. The topological polar surface area (TPSA) is 34.1 Å². The van der Waals surface area contributed by atoms with E-state index in [1.54, 1.807) is 13.8 Å². The van der Waals surface area contributed by atoms with Gasteiger partial charge < -0.3 is 0 Å². The molecule has 0 aliphatic heterocycles. The SMILES string of the molecule is Cc1cccc(CC(CBr)CCS(=O)(=O)C(C)C)c1. The Morgan fingerprint density at radius 2 is 1.95 bits per heavy atom. The van der Waals surface area contributed by atoms with Crippen molar-refractivity contribution >= 4 is 25.8 Å². The molecule has 1 rings (SSSR count). The molecule has 0 aliphatic rings. The summed E-state index contributed by atoms with van der Waals surface area (Å²) in [6.45, 7) is 5.58. The quantitative estimate of drug-likeness (QED) is 0.704. The number of alkyl halides is 1. The first-order valence-corrected chi connectivity index (χ1v) is 9.52. The van der Waals surface area contributed by atoms with Gasteiger partial charge in [-0.25, -0.2) is 8.42 Å². The molecule has 0 aromatic heterocycles. The van der Waals surface area contributed by atoms with Crippen molar-refractivity contribution in [3.8, 4) is 0 Å². The third kappa shape index (κ3) is 5.65. The summed E-state index contributed by atoms with van der Waals surface area (Å²) in [7, 11) is -2.92. The molecule has 108 valence electrons. The van der Waals surface area contributed by atoms with E-state index in [0.29, 0.717) is 5.92 Å². The molecule has 2 nitrogen and oxygen atoms in total. The smallest absolute Gasteiger partial charge is 0.152 e. The summed E-state index contributed by atoms with van der Waals surface area (Å²) in [5.41, 5.74) is 2.53. The van der Waals surface area contributed by atoms with Gasteiger partial charge in [0.1, 0.15) is 0 Å². The van der Waals surface area contributed by atoms with E-state index in [2.05, 4.69) is 47.1 Å². The Labute approximate surface area is 125 Å². The molecule has 0 saturated heterocycles. The van der Waals surface area contributed by atoms with Crippen LogP contribution < -0.4 is 0 Å². The van der Waals surface area contributed by atoms with Crippen molar-refractivity contribution < 1.29 is 8.42 Å². The summed E-state index contributed by atoms with van der Waals surface area (Å²) >= 11 is 3.50. The first kappa shape index (κ1) is 16.7. The van der Waals surface area contributed by atoms with E-state index in [0.717, 1.165) is 18.2 Å². The molecular weight excluding hydrogens is 324 g/mol. The van der Waals surface area contributed by atoms with Gasteiger partial charge in [-0.05, 0) is 45.1 Å². The fourth-order valence-corrected chi connectivity index (χ4v) is 3.66. The van der Waals surface area contributed by atoms with Crippen LogP contribution in [0.4, 0.5) is 0 Å². The predicted molar refractivity (Wildman–Crippen MR) is 85.7 cm³/mol. The van der Waals surface area contributed by atoms with Gasteiger partial charge in [0.05, 0.1) is 11.0 Å². The van der Waals surface area contributed by atoms with Crippen LogP contribution in [0, 0.1) is 12.8 Å². The minimum absolute atomic E-state index is 0.276. The Morgan fingerprint density at radius 3 is 2.47 bits per heavy atom. The summed E-state index contributed by atoms with van der Waals surface area (Å²) < 4.78 is 23.7. The Morgan fingerprint density at radius 1 is 1.26 bits per heavy atom. The molecule has 0 heterocycles. The number of sulfone groups is 1. The van der Waals surface area contributed by atoms with Gasteiger partial charge in [-0.1, -0.05) is 45.8 Å². The molecule has 4 heteroatoms. The molecule has 0 fully saturated rings. The molecule has 1 aromatic rings. The van der Waals surface area contributed by atoms with Crippen LogP contribution in [0.15, 0.2) is 24.3 Å². The van der Waals surface area contributed by atoms with E-state index in [1.165, 1.54) is 11.1 Å². The van der Waals surface area contributed by atoms with Crippen molar-refractivity contribution in [3.05, 3.63) is 35.4 Å². The van der Waals surface area contributed by atoms with Crippen LogP contribution in [0.2, 0.25) is 0 Å². The summed E-state index contributed by atoms with van der Waals surface area (Å²) in [6, 6.07) is 8.42. The highest BCUT2D eigenvalue weighted by Crippen LogP contribution is 2.18. The van der Waals surface area contributed by atoms with Crippen LogP contribution in [-0.2, 0) is 16.3 Å². The van der Waals surface area contributed by atoms with Gasteiger partial charge in [-0.15, -0.1) is 0 Å². The molecule has 0 radical (unpaired) electrons. The van der Waals surface area contributed by atoms with Crippen LogP contribution in [0.1, 0.15) is 31.4 Å². The number of halogens is 1. The molecule has 0 N–H and O–H groups in total. The predicted octanol–water partition coefficient (Wildman–Crippen LogP) is 3.76. The van der Waals surface area contributed by atoms with Gasteiger partial charge in [0.15, 0.2) is 9.84 Å². The standard InChI is InChI=1S/C15H23BrO2S/c1-12(2)19(17,18)8-7-15(11-16)10-14-6-4-5-13(3)9-14/h4-6,9,12,15H,7-8,10-11H2,1-3H3. The molecule has 0 bridgehead atoms. The van der Waals surface area contributed by atoms with E-state index in [4.69, 9.17) is 0 Å². The number of hydrogen-bond acceptors (Lipinski definition) is 2. The molecule has 1 aromatic carbocycles. The van der Waals surface area contributed by atoms with E-state index < -0.39 is 9.84 Å². The average molecular weight is 347 g/mol. The zero-order valence-corrected chi connectivity index (χ0v) is 14.3. The zero-order chi connectivity index (χ0) is 14.5. The van der Waals surface area contributed by atoms with E-state index >= 15 is 0 Å². The van der Waals surface area contributed by atoms with Gasteiger partial charge in [-0.2, -0.15) is 0 Å². The molecule has 0 aliphatic carbocycles. The number of benzene rings is 1. The third-order valence-electron chi connectivity index (χ3n) is 3.35. The number of aryl methyl sites for hydroxylation is 1. The molecule has 0 spiro atoms. The molecular formula is C15H23BrO2S. The lowest BCUT2D eigenvalue weighted by Gasteiger charge is -2.15. The van der Waals surface area contributed by atoms with Crippen molar-refractivity contribution in [2.45, 2.75) is 38.9 Å². The van der Waals surface area contributed by atoms with Gasteiger partial charge in [-0.3, -0.25) is 0 Å². The number of hydrogen-bond donors (Lipinski definition) is 0. The van der Waals surface area contributed by atoms with E-state index in [-0.39, 0.29) is 11.0 Å². The molecule has 19 heavy (non-hydrogen) atoms. The first-order valence-electron chi connectivity index (χ1n) is 6.68. The van der Waals surface area contributed by atoms with Gasteiger partial charge in [0.25, 0.3) is 0 Å². The largest absolute Gasteiger partial charge is 0.229 e. The van der Waals surface area contributed by atoms with Crippen LogP contribution in [0.3, 0.4) is 0 Å². The Hall–Kier alpha value is -0.350. The summed E-state index contributed by atoms with van der Waals surface area (Å²) in [4.78, 5) is 0. The fraction of sp³-hybridized carbons (Fsp3) is 0.600. The van der Waals surface area contributed by atoms with Crippen LogP contribution in [0.5, 0.6) is 0 Å². The maximum Gasteiger partial charge on any atom is 0.152 e. The van der Waals surface area contributed by atoms with Crippen LogP contribution >= 0.6 is 15.9 Å². The van der Waals surface area contributed by atoms with Crippen molar-refractivity contribution in [2.75, 3.05) is 11.1 Å². The lowest BCUT2D eigenvalue weighted by Crippen LogP contribution is -2.21. The van der Waals surface area contributed by atoms with Crippen molar-refractivity contribution in [3.63, 3.8) is 0 Å². The Kier molecular flexibility index (Phi) is 6.54. The minimum Gasteiger partial charge on any atom is -0.229 e. The molecule has 0 saturated carbocycles. The lowest BCUT2D eigenvalue weighted by atomic mass is 9.98. The Bertz CT molecular complexity index is 495. The maximum atomic E-state index is 11.8. The highest BCUT2D eigenvalue weighted by atomic mass is 79.9. The summed E-state index contributed by atoms with van der Waals surface area (Å²) in [5, 5.41) is 0.566. The average Bonchev–Trinajstić information content (AvgIpc) is 2.34. The second kappa shape index (κ2) is 7.44. The first-order chi connectivity index (χ1) is 8.85. The minimum atomic E-state index is -2.92. The monoisotopic (exact) mass is 346 g/mol. The van der Waals surface area contributed by atoms with Crippen molar-refractivity contribution in [1.82, 2.24) is 0 Å². The van der Waals surface area contributed by atoms with E-state index in [9.17, 15) is 8.42 Å². The lowest BCUT2D eigenvalue weighted by molar-refractivity contribution is 0.548. The van der Waals surface area contributed by atoms with Gasteiger partial charge in [0.2, 0.25) is 0 Å². The summed E-state index contributed by atoms with van der Waals surface area (Å²) in [6.07, 6.45) is 1.65. The Balaban J connectivity index is 2.60. The maximum absolute atomic E-state index is 11.8. The second-order valence-corrected chi connectivity index (χ2v) is 8.74. The van der Waals surface area contributed by atoms with E-state index in [1.807, 2.05) is 0 Å². The van der Waals surface area contributed by atoms with Crippen LogP contribution in [0.25, 0.3) is 0 Å². The molecule has 0 amide bonds. The number of rotatable bonds is 7. The third-order valence-corrected chi connectivity index (χ3v) is 6.51.